The maximum Gasteiger partial charge on any atom is 0.126 e. The number of aromatic amines is 1. The first kappa shape index (κ1) is 10.7. The van der Waals surface area contributed by atoms with Crippen LogP contribution in [-0.2, 0) is 6.54 Å². The van der Waals surface area contributed by atoms with Crippen molar-refractivity contribution in [3.05, 3.63) is 36.2 Å². The number of H-pyrrole nitrogens is 1. The molecule has 0 saturated carbocycles. The minimum Gasteiger partial charge on any atom is -0.367 e. The molecular weight excluding hydrogens is 200 g/mol. The van der Waals surface area contributed by atoms with E-state index in [-0.39, 0.29) is 6.04 Å². The lowest BCUT2D eigenvalue weighted by Crippen LogP contribution is -2.26. The van der Waals surface area contributed by atoms with Gasteiger partial charge in [-0.05, 0) is 31.6 Å². The zero-order valence-electron chi connectivity index (χ0n) is 9.57. The van der Waals surface area contributed by atoms with Gasteiger partial charge in [-0.2, -0.15) is 0 Å². The maximum atomic E-state index is 4.49. The molecule has 2 heterocycles. The van der Waals surface area contributed by atoms with E-state index in [1.807, 2.05) is 37.5 Å². The van der Waals surface area contributed by atoms with Gasteiger partial charge < -0.3 is 10.3 Å². The number of rotatable bonds is 2. The van der Waals surface area contributed by atoms with E-state index in [4.69, 9.17) is 0 Å². The van der Waals surface area contributed by atoms with Crippen molar-refractivity contribution in [2.45, 2.75) is 26.4 Å². The van der Waals surface area contributed by atoms with E-state index >= 15 is 0 Å². The van der Waals surface area contributed by atoms with Crippen molar-refractivity contribution in [2.75, 3.05) is 0 Å². The van der Waals surface area contributed by atoms with Gasteiger partial charge in [0.2, 0.25) is 0 Å². The van der Waals surface area contributed by atoms with Gasteiger partial charge in [-0.15, -0.1) is 0 Å². The maximum absolute atomic E-state index is 4.49. The van der Waals surface area contributed by atoms with E-state index in [2.05, 4.69) is 27.2 Å². The molecule has 0 bridgehead atoms. The third-order valence-electron chi connectivity index (χ3n) is 2.33. The molecule has 2 N–H and O–H groups in total. The van der Waals surface area contributed by atoms with Crippen molar-refractivity contribution in [3.63, 3.8) is 0 Å². The average Bonchev–Trinajstić information content (AvgIpc) is 2.69. The van der Waals surface area contributed by atoms with E-state index < -0.39 is 0 Å². The first-order valence-corrected chi connectivity index (χ1v) is 5.40. The summed E-state index contributed by atoms with van der Waals surface area (Å²) >= 11 is 0. The zero-order chi connectivity index (χ0) is 11.4. The Kier molecular flexibility index (Phi) is 3.19. The predicted molar refractivity (Wildman–Crippen MR) is 66.8 cm³/mol. The zero-order valence-corrected chi connectivity index (χ0v) is 9.57. The van der Waals surface area contributed by atoms with Crippen molar-refractivity contribution in [2.24, 2.45) is 9.98 Å². The standard InChI is InChI=1S/C12H16N4/c1-9-3-4-12(16-10(2)15-9)14-8-11-5-6-13-7-11/h3-7,9,13H,8H2,1-2H3,(H,14,15,16). The molecule has 0 aromatic carbocycles. The number of hydrogen-bond acceptors (Lipinski definition) is 2. The van der Waals surface area contributed by atoms with Crippen LogP contribution in [0.4, 0.5) is 0 Å². The predicted octanol–water partition coefficient (Wildman–Crippen LogP) is 1.88. The molecule has 16 heavy (non-hydrogen) atoms. The Balaban J connectivity index is 2.07. The highest BCUT2D eigenvalue weighted by Gasteiger charge is 2.04. The summed E-state index contributed by atoms with van der Waals surface area (Å²) in [5, 5.41) is 3.17. The molecule has 0 aliphatic carbocycles. The second-order valence-electron chi connectivity index (χ2n) is 3.86. The van der Waals surface area contributed by atoms with Crippen molar-refractivity contribution >= 4 is 11.7 Å². The lowest BCUT2D eigenvalue weighted by atomic mass is 10.3. The minimum absolute atomic E-state index is 0.215. The van der Waals surface area contributed by atoms with Crippen LogP contribution >= 0.6 is 0 Å². The summed E-state index contributed by atoms with van der Waals surface area (Å²) in [6, 6.07) is 2.24. The lowest BCUT2D eigenvalue weighted by Gasteiger charge is -2.03. The molecule has 4 heteroatoms. The Morgan fingerprint density at radius 3 is 3.12 bits per heavy atom. The molecular formula is C12H16N4. The van der Waals surface area contributed by atoms with Gasteiger partial charge in [0.15, 0.2) is 0 Å². The van der Waals surface area contributed by atoms with E-state index in [1.165, 1.54) is 5.56 Å². The normalized spacial score (nSPS) is 22.8. The number of hydrogen-bond donors (Lipinski definition) is 2. The smallest absolute Gasteiger partial charge is 0.126 e. The second-order valence-corrected chi connectivity index (χ2v) is 3.86. The van der Waals surface area contributed by atoms with E-state index in [9.17, 15) is 0 Å². The van der Waals surface area contributed by atoms with Crippen LogP contribution in [0.5, 0.6) is 0 Å². The van der Waals surface area contributed by atoms with Crippen LogP contribution in [0.2, 0.25) is 0 Å². The van der Waals surface area contributed by atoms with Crippen LogP contribution in [-0.4, -0.2) is 22.7 Å². The Morgan fingerprint density at radius 1 is 1.50 bits per heavy atom. The Bertz CT molecular complexity index is 426. The summed E-state index contributed by atoms with van der Waals surface area (Å²) in [6.45, 7) is 4.68. The van der Waals surface area contributed by atoms with Crippen molar-refractivity contribution in [1.82, 2.24) is 10.3 Å². The largest absolute Gasteiger partial charge is 0.367 e. The summed E-state index contributed by atoms with van der Waals surface area (Å²) < 4.78 is 0. The van der Waals surface area contributed by atoms with Gasteiger partial charge in [-0.3, -0.25) is 9.98 Å². The molecule has 1 unspecified atom stereocenters. The van der Waals surface area contributed by atoms with Crippen molar-refractivity contribution in [3.8, 4) is 0 Å². The molecule has 0 fully saturated rings. The number of nitrogens with zero attached hydrogens (tertiary/aromatic N) is 2. The van der Waals surface area contributed by atoms with Gasteiger partial charge >= 0.3 is 0 Å². The van der Waals surface area contributed by atoms with Crippen LogP contribution in [0.1, 0.15) is 19.4 Å². The number of amidine groups is 2. The number of nitrogens with one attached hydrogen (secondary N) is 2. The van der Waals surface area contributed by atoms with Crippen molar-refractivity contribution < 1.29 is 0 Å². The minimum atomic E-state index is 0.215. The van der Waals surface area contributed by atoms with Gasteiger partial charge in [0.25, 0.3) is 0 Å². The molecule has 1 aliphatic heterocycles. The Hall–Kier alpha value is -1.84. The van der Waals surface area contributed by atoms with Gasteiger partial charge in [-0.25, -0.2) is 0 Å². The van der Waals surface area contributed by atoms with Crippen LogP contribution in [0.3, 0.4) is 0 Å². The molecule has 0 saturated heterocycles. The van der Waals surface area contributed by atoms with Gasteiger partial charge in [0.1, 0.15) is 5.84 Å². The molecule has 0 radical (unpaired) electrons. The molecule has 4 nitrogen and oxygen atoms in total. The average molecular weight is 216 g/mol. The van der Waals surface area contributed by atoms with Gasteiger partial charge in [0.05, 0.1) is 18.4 Å². The highest BCUT2D eigenvalue weighted by Crippen LogP contribution is 2.01. The lowest BCUT2D eigenvalue weighted by molar-refractivity contribution is 0.923. The van der Waals surface area contributed by atoms with Crippen LogP contribution < -0.4 is 5.32 Å². The molecule has 1 aromatic rings. The summed E-state index contributed by atoms with van der Waals surface area (Å²) in [5.74, 6) is 1.78. The van der Waals surface area contributed by atoms with Crippen LogP contribution in [0.15, 0.2) is 40.6 Å². The SMILES string of the molecule is CC1=NC(C)C=CC(=NCc2cc[nH]c2)N1. The van der Waals surface area contributed by atoms with Crippen LogP contribution in [0, 0.1) is 0 Å². The molecule has 2 rings (SSSR count). The third-order valence-corrected chi connectivity index (χ3v) is 2.33. The quantitative estimate of drug-likeness (QED) is 0.779. The Labute approximate surface area is 95.2 Å². The molecule has 0 spiro atoms. The van der Waals surface area contributed by atoms with Gasteiger partial charge in [0, 0.05) is 12.4 Å². The number of aromatic nitrogens is 1. The fraction of sp³-hybridized carbons (Fsp3) is 0.333. The van der Waals surface area contributed by atoms with E-state index in [0.717, 1.165) is 11.7 Å². The second kappa shape index (κ2) is 4.79. The molecule has 84 valence electrons. The van der Waals surface area contributed by atoms with E-state index in [0.29, 0.717) is 6.54 Å². The van der Waals surface area contributed by atoms with Crippen molar-refractivity contribution in [1.29, 1.82) is 0 Å². The topological polar surface area (TPSA) is 52.5 Å². The Morgan fingerprint density at radius 2 is 2.38 bits per heavy atom. The molecule has 0 amide bonds. The highest BCUT2D eigenvalue weighted by atomic mass is 15.1. The fourth-order valence-corrected chi connectivity index (χ4v) is 1.56. The van der Waals surface area contributed by atoms with E-state index in [1.54, 1.807) is 0 Å². The third kappa shape index (κ3) is 2.82. The first-order valence-electron chi connectivity index (χ1n) is 5.40. The summed E-state index contributed by atoms with van der Waals surface area (Å²) in [5.41, 5.74) is 1.18. The van der Waals surface area contributed by atoms with Gasteiger partial charge in [-0.1, -0.05) is 6.08 Å². The molecule has 1 aromatic heterocycles. The monoisotopic (exact) mass is 216 g/mol. The fourth-order valence-electron chi connectivity index (χ4n) is 1.56. The van der Waals surface area contributed by atoms with Crippen LogP contribution in [0.25, 0.3) is 0 Å². The summed E-state index contributed by atoms with van der Waals surface area (Å²) in [7, 11) is 0. The first-order chi connectivity index (χ1) is 7.74. The molecule has 1 aliphatic rings. The summed E-state index contributed by atoms with van der Waals surface area (Å²) in [4.78, 5) is 11.9. The highest BCUT2D eigenvalue weighted by molar-refractivity contribution is 6.06. The number of aliphatic imine (C=N–C) groups is 2. The molecule has 1 atom stereocenters. The summed E-state index contributed by atoms with van der Waals surface area (Å²) in [6.07, 6.45) is 7.88.